The Bertz CT molecular complexity index is 478. The van der Waals surface area contributed by atoms with Crippen LogP contribution in [0, 0.1) is 5.82 Å². The Labute approximate surface area is 116 Å². The van der Waals surface area contributed by atoms with Gasteiger partial charge in [-0.3, -0.25) is 14.5 Å². The van der Waals surface area contributed by atoms with Crippen molar-refractivity contribution in [3.05, 3.63) is 35.6 Å². The normalized spacial score (nSPS) is 12.3. The molecule has 1 aromatic carbocycles. The highest BCUT2D eigenvalue weighted by atomic mass is 19.1. The number of carboxylic acid groups (broad SMARTS) is 2. The van der Waals surface area contributed by atoms with Crippen molar-refractivity contribution in [3.63, 3.8) is 0 Å². The molecule has 0 spiro atoms. The van der Waals surface area contributed by atoms with E-state index in [0.717, 1.165) is 0 Å². The molecule has 0 radical (unpaired) electrons. The lowest BCUT2D eigenvalue weighted by Crippen LogP contribution is -2.36. The fraction of sp³-hybridized carbons (Fsp3) is 0.429. The van der Waals surface area contributed by atoms with E-state index in [1.165, 1.54) is 23.1 Å². The fourth-order valence-corrected chi connectivity index (χ4v) is 2.08. The minimum atomic E-state index is -1.19. The molecular formula is C14H18FNO4. The SMILES string of the molecule is CCCN(CCC(=O)O)C(C(=O)O)c1ccccc1F. The first kappa shape index (κ1) is 16.1. The maximum atomic E-state index is 13.8. The monoisotopic (exact) mass is 283 g/mol. The molecular weight excluding hydrogens is 265 g/mol. The lowest BCUT2D eigenvalue weighted by Gasteiger charge is -2.28. The second-order valence-electron chi connectivity index (χ2n) is 4.44. The number of hydrogen-bond acceptors (Lipinski definition) is 3. The minimum Gasteiger partial charge on any atom is -0.481 e. The second kappa shape index (κ2) is 7.59. The summed E-state index contributed by atoms with van der Waals surface area (Å²) >= 11 is 0. The average Bonchev–Trinajstić information content (AvgIpc) is 2.38. The predicted octanol–water partition coefficient (Wildman–Crippen LogP) is 2.14. The van der Waals surface area contributed by atoms with Gasteiger partial charge < -0.3 is 10.2 Å². The standard InChI is InChI=1S/C14H18FNO4/c1-2-8-16(9-7-12(17)18)13(14(19)20)10-5-3-4-6-11(10)15/h3-6,13H,2,7-9H2,1H3,(H,17,18)(H,19,20). The molecule has 0 bridgehead atoms. The van der Waals surface area contributed by atoms with Gasteiger partial charge in [0, 0.05) is 12.1 Å². The molecule has 5 nitrogen and oxygen atoms in total. The van der Waals surface area contributed by atoms with Crippen LogP contribution < -0.4 is 0 Å². The van der Waals surface area contributed by atoms with Gasteiger partial charge in [-0.05, 0) is 19.0 Å². The van der Waals surface area contributed by atoms with Crippen LogP contribution in [0.15, 0.2) is 24.3 Å². The highest BCUT2D eigenvalue weighted by molar-refractivity contribution is 5.76. The molecule has 0 fully saturated rings. The van der Waals surface area contributed by atoms with E-state index in [-0.39, 0.29) is 18.5 Å². The van der Waals surface area contributed by atoms with Gasteiger partial charge in [0.2, 0.25) is 0 Å². The van der Waals surface area contributed by atoms with Gasteiger partial charge in [0.15, 0.2) is 0 Å². The molecule has 1 atom stereocenters. The zero-order valence-electron chi connectivity index (χ0n) is 11.3. The third-order valence-electron chi connectivity index (χ3n) is 2.92. The molecule has 2 N–H and O–H groups in total. The van der Waals surface area contributed by atoms with Crippen molar-refractivity contribution >= 4 is 11.9 Å². The first-order valence-electron chi connectivity index (χ1n) is 6.40. The Morgan fingerprint density at radius 1 is 1.25 bits per heavy atom. The largest absolute Gasteiger partial charge is 0.481 e. The van der Waals surface area contributed by atoms with E-state index in [4.69, 9.17) is 5.11 Å². The van der Waals surface area contributed by atoms with E-state index in [0.29, 0.717) is 13.0 Å². The van der Waals surface area contributed by atoms with Crippen LogP contribution in [-0.2, 0) is 9.59 Å². The van der Waals surface area contributed by atoms with Crippen LogP contribution in [0.1, 0.15) is 31.4 Å². The van der Waals surface area contributed by atoms with Crippen molar-refractivity contribution in [2.75, 3.05) is 13.1 Å². The van der Waals surface area contributed by atoms with Crippen molar-refractivity contribution in [1.29, 1.82) is 0 Å². The Kier molecular flexibility index (Phi) is 6.11. The topological polar surface area (TPSA) is 77.8 Å². The van der Waals surface area contributed by atoms with Crippen molar-refractivity contribution in [1.82, 2.24) is 4.90 Å². The Morgan fingerprint density at radius 2 is 1.90 bits per heavy atom. The van der Waals surface area contributed by atoms with Crippen LogP contribution in [0.4, 0.5) is 4.39 Å². The summed E-state index contributed by atoms with van der Waals surface area (Å²) in [5, 5.41) is 18.1. The number of carboxylic acids is 2. The van der Waals surface area contributed by atoms with Crippen LogP contribution >= 0.6 is 0 Å². The molecule has 1 aromatic rings. The van der Waals surface area contributed by atoms with Gasteiger partial charge >= 0.3 is 11.9 Å². The summed E-state index contributed by atoms with van der Waals surface area (Å²) in [7, 11) is 0. The molecule has 0 aliphatic carbocycles. The number of hydrogen-bond donors (Lipinski definition) is 2. The van der Waals surface area contributed by atoms with Crippen LogP contribution in [0.2, 0.25) is 0 Å². The number of rotatable bonds is 8. The van der Waals surface area contributed by atoms with Crippen molar-refractivity contribution in [3.8, 4) is 0 Å². The highest BCUT2D eigenvalue weighted by Gasteiger charge is 2.29. The Balaban J connectivity index is 3.05. The van der Waals surface area contributed by atoms with Crippen LogP contribution in [0.5, 0.6) is 0 Å². The van der Waals surface area contributed by atoms with Gasteiger partial charge in [-0.2, -0.15) is 0 Å². The summed E-state index contributed by atoms with van der Waals surface area (Å²) in [6, 6.07) is 4.49. The molecule has 1 unspecified atom stereocenters. The quantitative estimate of drug-likeness (QED) is 0.764. The van der Waals surface area contributed by atoms with Crippen molar-refractivity contribution < 1.29 is 24.2 Å². The van der Waals surface area contributed by atoms with Gasteiger partial charge in [0.05, 0.1) is 6.42 Å². The first-order valence-corrected chi connectivity index (χ1v) is 6.40. The maximum Gasteiger partial charge on any atom is 0.325 e. The Morgan fingerprint density at radius 3 is 2.40 bits per heavy atom. The molecule has 0 amide bonds. The summed E-state index contributed by atoms with van der Waals surface area (Å²) in [6.07, 6.45) is 0.468. The van der Waals surface area contributed by atoms with Gasteiger partial charge in [-0.15, -0.1) is 0 Å². The molecule has 0 saturated heterocycles. The van der Waals surface area contributed by atoms with Gasteiger partial charge in [0.1, 0.15) is 11.9 Å². The zero-order valence-corrected chi connectivity index (χ0v) is 11.3. The van der Waals surface area contributed by atoms with E-state index >= 15 is 0 Å². The predicted molar refractivity (Wildman–Crippen MR) is 70.9 cm³/mol. The van der Waals surface area contributed by atoms with Crippen LogP contribution in [0.25, 0.3) is 0 Å². The van der Waals surface area contributed by atoms with E-state index in [2.05, 4.69) is 0 Å². The molecule has 1 rings (SSSR count). The van der Waals surface area contributed by atoms with Crippen molar-refractivity contribution in [2.45, 2.75) is 25.8 Å². The smallest absolute Gasteiger partial charge is 0.325 e. The van der Waals surface area contributed by atoms with Crippen molar-refractivity contribution in [2.24, 2.45) is 0 Å². The summed E-state index contributed by atoms with van der Waals surface area (Å²) in [5.41, 5.74) is 0.0545. The number of carbonyl (C=O) groups is 2. The number of aliphatic carboxylic acids is 2. The van der Waals surface area contributed by atoms with Crippen LogP contribution in [-0.4, -0.2) is 40.1 Å². The fourth-order valence-electron chi connectivity index (χ4n) is 2.08. The second-order valence-corrected chi connectivity index (χ2v) is 4.44. The van der Waals surface area contributed by atoms with Gasteiger partial charge in [0.25, 0.3) is 0 Å². The minimum absolute atomic E-state index is 0.0545. The third kappa shape index (κ3) is 4.31. The van der Waals surface area contributed by atoms with Crippen LogP contribution in [0.3, 0.4) is 0 Å². The summed E-state index contributed by atoms with van der Waals surface area (Å²) < 4.78 is 13.8. The molecule has 20 heavy (non-hydrogen) atoms. The summed E-state index contributed by atoms with van der Waals surface area (Å²) in [6.45, 7) is 2.31. The number of halogens is 1. The molecule has 110 valence electrons. The molecule has 0 aromatic heterocycles. The molecule has 0 saturated carbocycles. The maximum absolute atomic E-state index is 13.8. The lowest BCUT2D eigenvalue weighted by molar-refractivity contribution is -0.145. The molecule has 0 aliphatic heterocycles. The molecule has 0 heterocycles. The summed E-state index contributed by atoms with van der Waals surface area (Å²) in [5.74, 6) is -2.80. The lowest BCUT2D eigenvalue weighted by atomic mass is 10.0. The first-order chi connectivity index (χ1) is 9.47. The average molecular weight is 283 g/mol. The Hall–Kier alpha value is -1.95. The van der Waals surface area contributed by atoms with E-state index in [9.17, 15) is 19.1 Å². The number of nitrogens with zero attached hydrogens (tertiary/aromatic N) is 1. The van der Waals surface area contributed by atoms with E-state index in [1.807, 2.05) is 6.92 Å². The zero-order chi connectivity index (χ0) is 15.1. The van der Waals surface area contributed by atoms with E-state index in [1.54, 1.807) is 6.07 Å². The number of benzene rings is 1. The third-order valence-corrected chi connectivity index (χ3v) is 2.92. The summed E-state index contributed by atoms with van der Waals surface area (Å²) in [4.78, 5) is 23.6. The van der Waals surface area contributed by atoms with Gasteiger partial charge in [-0.1, -0.05) is 25.1 Å². The molecule has 6 heteroatoms. The van der Waals surface area contributed by atoms with E-state index < -0.39 is 23.8 Å². The highest BCUT2D eigenvalue weighted by Crippen LogP contribution is 2.24. The van der Waals surface area contributed by atoms with Gasteiger partial charge in [-0.25, -0.2) is 4.39 Å². The molecule has 0 aliphatic rings.